The summed E-state index contributed by atoms with van der Waals surface area (Å²) >= 11 is 1.84. The number of hydrogen-bond acceptors (Lipinski definition) is 3. The fraction of sp³-hybridized carbons (Fsp3) is 1.00. The maximum Gasteiger partial charge on any atom is 0.238 e. The molecule has 2 nitrogen and oxygen atoms in total. The normalized spacial score (nSPS) is 33.6. The molecule has 70 valence electrons. The summed E-state index contributed by atoms with van der Waals surface area (Å²) in [4.78, 5) is 0. The third-order valence-electron chi connectivity index (χ3n) is 2.90. The van der Waals surface area contributed by atoms with Crippen molar-refractivity contribution < 1.29 is 8.42 Å². The lowest BCUT2D eigenvalue weighted by molar-refractivity contribution is 0.511. The summed E-state index contributed by atoms with van der Waals surface area (Å²) in [5, 5.41) is 0. The molecule has 0 aromatic carbocycles. The second-order valence-corrected chi connectivity index (χ2v) is 7.62. The lowest BCUT2D eigenvalue weighted by atomic mass is 10.0. The van der Waals surface area contributed by atoms with Crippen LogP contribution in [0.5, 0.6) is 0 Å². The smallest absolute Gasteiger partial charge is 0.212 e. The van der Waals surface area contributed by atoms with Crippen molar-refractivity contribution in [3.63, 3.8) is 0 Å². The second-order valence-electron chi connectivity index (χ2n) is 3.56. The van der Waals surface area contributed by atoms with Gasteiger partial charge in [0.2, 0.25) is 9.05 Å². The molecule has 0 amide bonds. The number of rotatable bonds is 2. The summed E-state index contributed by atoms with van der Waals surface area (Å²) in [7, 11) is 2.11. The van der Waals surface area contributed by atoms with Crippen molar-refractivity contribution in [2.24, 2.45) is 5.92 Å². The van der Waals surface area contributed by atoms with Gasteiger partial charge in [-0.2, -0.15) is 11.8 Å². The van der Waals surface area contributed by atoms with E-state index in [2.05, 4.69) is 0 Å². The molecule has 1 saturated carbocycles. The van der Waals surface area contributed by atoms with Gasteiger partial charge in [-0.25, -0.2) is 8.42 Å². The molecule has 2 rings (SSSR count). The summed E-state index contributed by atoms with van der Waals surface area (Å²) in [6, 6.07) is 0. The number of thioether (sulfide) groups is 1. The monoisotopic (exact) mass is 226 g/mol. The van der Waals surface area contributed by atoms with Crippen LogP contribution in [-0.4, -0.2) is 24.7 Å². The second kappa shape index (κ2) is 2.79. The van der Waals surface area contributed by atoms with Gasteiger partial charge in [-0.05, 0) is 36.7 Å². The van der Waals surface area contributed by atoms with Gasteiger partial charge in [0.25, 0.3) is 0 Å². The molecule has 0 radical (unpaired) electrons. The van der Waals surface area contributed by atoms with E-state index in [1.807, 2.05) is 11.8 Å². The van der Waals surface area contributed by atoms with Crippen LogP contribution >= 0.6 is 22.4 Å². The highest BCUT2D eigenvalue weighted by Gasteiger charge is 2.59. The maximum absolute atomic E-state index is 11.3. The van der Waals surface area contributed by atoms with E-state index >= 15 is 0 Å². The highest BCUT2D eigenvalue weighted by atomic mass is 35.7. The highest BCUT2D eigenvalue weighted by molar-refractivity contribution is 8.15. The number of hydrogen-bond donors (Lipinski definition) is 0. The van der Waals surface area contributed by atoms with Crippen LogP contribution < -0.4 is 0 Å². The van der Waals surface area contributed by atoms with Crippen LogP contribution in [0.3, 0.4) is 0 Å². The van der Waals surface area contributed by atoms with Gasteiger partial charge in [0.05, 0.1) is 4.75 Å². The van der Waals surface area contributed by atoms with E-state index in [1.165, 1.54) is 0 Å². The lowest BCUT2D eigenvalue weighted by Crippen LogP contribution is -2.28. The summed E-state index contributed by atoms with van der Waals surface area (Å²) in [6.45, 7) is 0. The van der Waals surface area contributed by atoms with Crippen LogP contribution in [0.1, 0.15) is 19.3 Å². The van der Waals surface area contributed by atoms with Gasteiger partial charge >= 0.3 is 0 Å². The molecular formula is C7H11ClO2S2. The average Bonchev–Trinajstić information content (AvgIpc) is 2.61. The van der Waals surface area contributed by atoms with Gasteiger partial charge in [-0.1, -0.05) is 0 Å². The van der Waals surface area contributed by atoms with E-state index in [4.69, 9.17) is 10.7 Å². The van der Waals surface area contributed by atoms with Crippen molar-refractivity contribution in [2.75, 3.05) is 11.5 Å². The quantitative estimate of drug-likeness (QED) is 0.674. The molecule has 1 atom stereocenters. The van der Waals surface area contributed by atoms with E-state index in [0.29, 0.717) is 5.92 Å². The maximum atomic E-state index is 11.3. The first-order valence-electron chi connectivity index (χ1n) is 4.08. The molecule has 0 spiro atoms. The molecular weight excluding hydrogens is 216 g/mol. The Balaban J connectivity index is 2.21. The minimum absolute atomic E-state index is 0.324. The van der Waals surface area contributed by atoms with E-state index in [-0.39, 0.29) is 0 Å². The van der Waals surface area contributed by atoms with Crippen LogP contribution in [0.15, 0.2) is 0 Å². The van der Waals surface area contributed by atoms with Crippen molar-refractivity contribution in [3.8, 4) is 0 Å². The van der Waals surface area contributed by atoms with Gasteiger partial charge in [0.1, 0.15) is 0 Å². The lowest BCUT2D eigenvalue weighted by Gasteiger charge is -2.17. The molecule has 2 fully saturated rings. The standard InChI is InChI=1S/C7H11ClO2S2/c8-12(9,10)7(2-3-7)6-1-4-11-5-6/h6H,1-5H2. The van der Waals surface area contributed by atoms with Crippen molar-refractivity contribution in [3.05, 3.63) is 0 Å². The van der Waals surface area contributed by atoms with Gasteiger partial charge < -0.3 is 0 Å². The van der Waals surface area contributed by atoms with Gasteiger partial charge in [-0.15, -0.1) is 0 Å². The Morgan fingerprint density at radius 3 is 2.42 bits per heavy atom. The first-order valence-corrected chi connectivity index (χ1v) is 7.55. The fourth-order valence-corrected chi connectivity index (χ4v) is 5.45. The summed E-state index contributed by atoms with van der Waals surface area (Å²) in [5.41, 5.74) is 0. The summed E-state index contributed by atoms with van der Waals surface area (Å²) in [5.74, 6) is 2.40. The van der Waals surface area contributed by atoms with Gasteiger partial charge in [0.15, 0.2) is 0 Å². The molecule has 1 saturated heterocycles. The average molecular weight is 227 g/mol. The van der Waals surface area contributed by atoms with Crippen molar-refractivity contribution >= 4 is 31.5 Å². The predicted octanol–water partition coefficient (Wildman–Crippen LogP) is 1.84. The first-order chi connectivity index (χ1) is 5.56. The molecule has 0 N–H and O–H groups in total. The van der Waals surface area contributed by atoms with Crippen LogP contribution in [0.25, 0.3) is 0 Å². The zero-order chi connectivity index (χ0) is 8.82. The third-order valence-corrected chi connectivity index (χ3v) is 6.70. The minimum Gasteiger partial charge on any atom is -0.212 e. The molecule has 1 heterocycles. The van der Waals surface area contributed by atoms with E-state index in [9.17, 15) is 8.42 Å². The summed E-state index contributed by atoms with van der Waals surface area (Å²) in [6.07, 6.45) is 2.59. The van der Waals surface area contributed by atoms with Crippen molar-refractivity contribution in [2.45, 2.75) is 24.0 Å². The molecule has 0 aromatic heterocycles. The van der Waals surface area contributed by atoms with E-state index in [1.54, 1.807) is 0 Å². The zero-order valence-corrected chi connectivity index (χ0v) is 9.01. The third kappa shape index (κ3) is 1.28. The summed E-state index contributed by atoms with van der Waals surface area (Å²) < 4.78 is 22.0. The molecule has 1 aliphatic heterocycles. The minimum atomic E-state index is -3.32. The Morgan fingerprint density at radius 2 is 2.08 bits per heavy atom. The van der Waals surface area contributed by atoms with Gasteiger partial charge in [-0.3, -0.25) is 0 Å². The van der Waals surface area contributed by atoms with Crippen LogP contribution in [0, 0.1) is 5.92 Å². The Hall–Kier alpha value is 0.590. The Kier molecular flexibility index (Phi) is 2.13. The topological polar surface area (TPSA) is 34.1 Å². The predicted molar refractivity (Wildman–Crippen MR) is 52.2 cm³/mol. The molecule has 0 aromatic rings. The molecule has 12 heavy (non-hydrogen) atoms. The van der Waals surface area contributed by atoms with Crippen molar-refractivity contribution in [1.82, 2.24) is 0 Å². The van der Waals surface area contributed by atoms with E-state index in [0.717, 1.165) is 30.8 Å². The van der Waals surface area contributed by atoms with E-state index < -0.39 is 13.8 Å². The van der Waals surface area contributed by atoms with Gasteiger partial charge in [0, 0.05) is 10.7 Å². The Labute approximate surface area is 81.5 Å². The Morgan fingerprint density at radius 1 is 1.42 bits per heavy atom. The fourth-order valence-electron chi connectivity index (χ4n) is 1.92. The van der Waals surface area contributed by atoms with Crippen LogP contribution in [0.2, 0.25) is 0 Å². The molecule has 0 bridgehead atoms. The SMILES string of the molecule is O=S(=O)(Cl)C1(C2CCSC2)CC1. The molecule has 1 unspecified atom stereocenters. The number of halogens is 1. The first kappa shape index (κ1) is 9.16. The van der Waals surface area contributed by atoms with Crippen LogP contribution in [-0.2, 0) is 9.05 Å². The highest BCUT2D eigenvalue weighted by Crippen LogP contribution is 2.55. The molecule has 1 aliphatic carbocycles. The molecule has 2 aliphatic rings. The Bertz CT molecular complexity index is 276. The van der Waals surface area contributed by atoms with Crippen molar-refractivity contribution in [1.29, 1.82) is 0 Å². The zero-order valence-electron chi connectivity index (χ0n) is 6.62. The largest absolute Gasteiger partial charge is 0.238 e. The van der Waals surface area contributed by atoms with Crippen LogP contribution in [0.4, 0.5) is 0 Å². The molecule has 5 heteroatoms.